The summed E-state index contributed by atoms with van der Waals surface area (Å²) in [6.45, 7) is 1.38. The summed E-state index contributed by atoms with van der Waals surface area (Å²) >= 11 is 2.87. The second-order valence-corrected chi connectivity index (χ2v) is 27.7. The maximum Gasteiger partial charge on any atom is 0.187 e. The Labute approximate surface area is 515 Å². The van der Waals surface area contributed by atoms with Crippen molar-refractivity contribution in [3.05, 3.63) is 0 Å². The maximum atomic E-state index is 11.8. The van der Waals surface area contributed by atoms with E-state index in [0.717, 1.165) is 0 Å². The number of hydrogen-bond acceptors (Lipinski definition) is 37. The van der Waals surface area contributed by atoms with E-state index >= 15 is 0 Å². The molecule has 2 saturated carbocycles. The lowest BCUT2D eigenvalue weighted by Gasteiger charge is -2.48. The Morgan fingerprint density at radius 1 is 0.326 bits per heavy atom. The van der Waals surface area contributed by atoms with Crippen molar-refractivity contribution in [2.24, 2.45) is 63.1 Å². The number of aliphatic hydroxyl groups is 10. The van der Waals surface area contributed by atoms with Crippen molar-refractivity contribution in [3.63, 3.8) is 0 Å². The smallest absolute Gasteiger partial charge is 0.187 e. The molecule has 7 aliphatic rings. The average molecular weight is 1320 g/mol. The van der Waals surface area contributed by atoms with Crippen LogP contribution in [0.15, 0.2) is 0 Å². The summed E-state index contributed by atoms with van der Waals surface area (Å²) in [6.07, 6.45) is -30.3. The third-order valence-corrected chi connectivity index (χ3v) is 20.8. The van der Waals surface area contributed by atoms with Gasteiger partial charge in [-0.05, 0) is 19.3 Å². The molecule has 33 atom stereocenters. The minimum Gasteiger partial charge on any atom is -0.390 e. The van der Waals surface area contributed by atoms with Crippen molar-refractivity contribution < 1.29 is 108 Å². The summed E-state index contributed by atoms with van der Waals surface area (Å²) in [5.74, 6) is 2.97. The van der Waals surface area contributed by atoms with Gasteiger partial charge in [-0.1, -0.05) is 21.6 Å². The van der Waals surface area contributed by atoms with E-state index in [1.165, 1.54) is 23.5 Å². The molecule has 0 amide bonds. The van der Waals surface area contributed by atoms with Gasteiger partial charge in [0.25, 0.3) is 0 Å². The first-order chi connectivity index (χ1) is 41.0. The Hall–Kier alpha value is 0.0800. The second-order valence-electron chi connectivity index (χ2n) is 22.7. The fourth-order valence-electron chi connectivity index (χ4n) is 11.3. The average Bonchev–Trinajstić information content (AvgIpc) is 2.21. The van der Waals surface area contributed by atoms with Gasteiger partial charge in [-0.25, -0.2) is 0 Å². The standard InChI is InChI=1S/C49H97N11O22S4/c50-12-23-22(61)11-21(57)45(73-23)78-40-18(54)10-19(55)41(38(40)69)79-48-37(68)28(58)32(63)26(76-48)15-83-5-1-71-3-7-85-86-8-4-72-2-6-84-16-27-43(81-47-30(60)36(67)34(65)25(14-52)75-47)39(70)49(77-27)82-44-31(62)17(53)9-20(56)42(44)80-46-29(59)35(66)33(64)24(13-51)74-46/h17-49,61-70H,1-16,50-60H2/t17-,18+,19-,20+,21-,22+,23-,24-,25+,26-,27-,28+,29-,30-,31+,32-,33-,34-,35-,36-,37-,38+,39-,40-,41+,42-,43-,44-,45-,46-,47-,48-,49+/m1/s1. The van der Waals surface area contributed by atoms with E-state index in [4.69, 9.17) is 120 Å². The Kier molecular flexibility index (Phi) is 29.9. The van der Waals surface area contributed by atoms with Gasteiger partial charge in [-0.3, -0.25) is 0 Å². The zero-order chi connectivity index (χ0) is 62.7. The predicted octanol–water partition coefficient (Wildman–Crippen LogP) is -11.3. The lowest BCUT2D eigenvalue weighted by molar-refractivity contribution is -0.309. The van der Waals surface area contributed by atoms with Crippen LogP contribution in [0.3, 0.4) is 0 Å². The fourth-order valence-corrected chi connectivity index (χ4v) is 14.8. The van der Waals surface area contributed by atoms with Crippen LogP contribution in [0.4, 0.5) is 0 Å². The molecular weight excluding hydrogens is 1220 g/mol. The topological polar surface area (TPSA) is 599 Å². The van der Waals surface area contributed by atoms with Gasteiger partial charge < -0.3 is 171 Å². The molecule has 2 aliphatic carbocycles. The Balaban J connectivity index is 0.794. The van der Waals surface area contributed by atoms with Crippen molar-refractivity contribution in [1.29, 1.82) is 0 Å². The number of aliphatic hydroxyl groups excluding tert-OH is 10. The van der Waals surface area contributed by atoms with Gasteiger partial charge in [0.15, 0.2) is 31.5 Å². The van der Waals surface area contributed by atoms with E-state index in [1.807, 2.05) is 0 Å². The minimum atomic E-state index is -1.57. The molecule has 0 aromatic rings. The minimum absolute atomic E-state index is 0.0224. The summed E-state index contributed by atoms with van der Waals surface area (Å²) in [7, 11) is 3.24. The number of thioether (sulfide) groups is 2. The van der Waals surface area contributed by atoms with Crippen LogP contribution >= 0.6 is 45.1 Å². The van der Waals surface area contributed by atoms with Crippen molar-refractivity contribution in [3.8, 4) is 0 Å². The lowest BCUT2D eigenvalue weighted by atomic mass is 9.84. The first-order valence-corrected chi connectivity index (χ1v) is 33.9. The number of nitrogens with two attached hydrogens (primary N) is 11. The molecule has 7 fully saturated rings. The van der Waals surface area contributed by atoms with Crippen LogP contribution in [0.25, 0.3) is 0 Å². The summed E-state index contributed by atoms with van der Waals surface area (Å²) in [5.41, 5.74) is 67.7. The van der Waals surface area contributed by atoms with Crippen molar-refractivity contribution >= 4 is 45.1 Å². The molecule has 0 aromatic carbocycles. The molecule has 0 bridgehead atoms. The van der Waals surface area contributed by atoms with Crippen LogP contribution in [0.2, 0.25) is 0 Å². The number of ether oxygens (including phenoxy) is 12. The number of hydrogen-bond donors (Lipinski definition) is 21. The molecule has 86 heavy (non-hydrogen) atoms. The summed E-state index contributed by atoms with van der Waals surface area (Å²) < 4.78 is 72.2. The van der Waals surface area contributed by atoms with E-state index < -0.39 is 202 Å². The maximum absolute atomic E-state index is 11.8. The third-order valence-electron chi connectivity index (χ3n) is 16.4. The summed E-state index contributed by atoms with van der Waals surface area (Å²) in [4.78, 5) is 0. The zero-order valence-corrected chi connectivity index (χ0v) is 51.0. The van der Waals surface area contributed by atoms with Crippen molar-refractivity contribution in [1.82, 2.24) is 0 Å². The Bertz CT molecular complexity index is 1970. The molecule has 0 spiro atoms. The molecule has 5 saturated heterocycles. The quantitative estimate of drug-likeness (QED) is 0.0235. The fraction of sp³-hybridized carbons (Fsp3) is 1.00. The first-order valence-electron chi connectivity index (χ1n) is 29.1. The van der Waals surface area contributed by atoms with Gasteiger partial charge >= 0.3 is 0 Å². The third kappa shape index (κ3) is 18.5. The molecule has 7 rings (SSSR count). The molecule has 33 nitrogen and oxygen atoms in total. The highest BCUT2D eigenvalue weighted by Crippen LogP contribution is 2.37. The van der Waals surface area contributed by atoms with Gasteiger partial charge in [0.1, 0.15) is 85.5 Å². The van der Waals surface area contributed by atoms with E-state index in [2.05, 4.69) is 0 Å². The predicted molar refractivity (Wildman–Crippen MR) is 314 cm³/mol. The number of rotatable bonds is 30. The highest BCUT2D eigenvalue weighted by molar-refractivity contribution is 8.76. The summed E-state index contributed by atoms with van der Waals surface area (Å²) in [6, 6.07) is -7.67. The molecule has 0 radical (unpaired) electrons. The Morgan fingerprint density at radius 2 is 0.744 bits per heavy atom. The van der Waals surface area contributed by atoms with Crippen LogP contribution in [-0.4, -0.2) is 334 Å². The van der Waals surface area contributed by atoms with E-state index in [0.29, 0.717) is 49.4 Å². The van der Waals surface area contributed by atoms with Crippen LogP contribution < -0.4 is 63.1 Å². The molecule has 5 heterocycles. The SMILES string of the molecule is NC[C@@H]1O[C@H](O[C@H]2[C@@H](O)[C@H](O[C@@H]3[C@@H](O)[C@H](N)C[C@H](N)[C@H]3O[C@H]3O[C@H](CN)[C@@H](O)[C@H](O)[C@H]3N)O[C@@H]2CSCCOCCSSCCOCCSC[C@H]2O[C@H](O[C@@H]3[C@@H](O)[C@H](O[C@H]4O[C@H](CN)[C@@H](O)C[C@H]4N)[C@@H](N)C[C@H]3N)[C@H](O)[C@@H](N)[C@@H]2O)[C@H](N)[C@@H](O)[C@@H]1O. The van der Waals surface area contributed by atoms with Crippen LogP contribution in [-0.2, 0) is 56.8 Å². The molecule has 32 N–H and O–H groups in total. The van der Waals surface area contributed by atoms with Crippen LogP contribution in [0, 0.1) is 0 Å². The van der Waals surface area contributed by atoms with E-state index in [-0.39, 0.29) is 50.4 Å². The van der Waals surface area contributed by atoms with Crippen LogP contribution in [0.1, 0.15) is 19.3 Å². The van der Waals surface area contributed by atoms with Crippen molar-refractivity contribution in [2.45, 2.75) is 221 Å². The molecule has 504 valence electrons. The largest absolute Gasteiger partial charge is 0.390 e. The highest BCUT2D eigenvalue weighted by atomic mass is 33.1. The van der Waals surface area contributed by atoms with Crippen LogP contribution in [0.5, 0.6) is 0 Å². The van der Waals surface area contributed by atoms with Gasteiger partial charge in [-0.2, -0.15) is 23.5 Å². The summed E-state index contributed by atoms with van der Waals surface area (Å²) in [5, 5.41) is 109. The van der Waals surface area contributed by atoms with Gasteiger partial charge in [0, 0.05) is 78.3 Å². The monoisotopic (exact) mass is 1320 g/mol. The van der Waals surface area contributed by atoms with E-state index in [1.54, 1.807) is 21.6 Å². The second kappa shape index (κ2) is 35.0. The van der Waals surface area contributed by atoms with Gasteiger partial charge in [0.05, 0.1) is 87.2 Å². The molecule has 37 heteroatoms. The first kappa shape index (κ1) is 73.5. The zero-order valence-electron chi connectivity index (χ0n) is 47.7. The Morgan fingerprint density at radius 3 is 1.29 bits per heavy atom. The molecular formula is C49H97N11O22S4. The van der Waals surface area contributed by atoms with Gasteiger partial charge in [0.2, 0.25) is 0 Å². The van der Waals surface area contributed by atoms with Crippen molar-refractivity contribution in [2.75, 3.05) is 80.6 Å². The molecule has 5 aliphatic heterocycles. The molecule has 0 unspecified atom stereocenters. The van der Waals surface area contributed by atoms with Gasteiger partial charge in [-0.15, -0.1) is 0 Å². The lowest BCUT2D eigenvalue weighted by Crippen LogP contribution is -2.68. The molecule has 0 aromatic heterocycles. The highest BCUT2D eigenvalue weighted by Gasteiger charge is 2.56. The van der Waals surface area contributed by atoms with E-state index in [9.17, 15) is 51.1 Å². The normalized spacial score (nSPS) is 47.8.